The van der Waals surface area contributed by atoms with E-state index in [1.165, 1.54) is 7.02 Å². The van der Waals surface area contributed by atoms with Gasteiger partial charge in [0.25, 0.3) is 0 Å². The van der Waals surface area contributed by atoms with Gasteiger partial charge in [-0.15, -0.1) is 0 Å². The minimum atomic E-state index is -2.80. The third-order valence-electron chi connectivity index (χ3n) is 4.99. The second-order valence-corrected chi connectivity index (χ2v) is 12.6. The van der Waals surface area contributed by atoms with Crippen LogP contribution in [0.1, 0.15) is 20.3 Å². The van der Waals surface area contributed by atoms with Crippen molar-refractivity contribution in [1.29, 1.82) is 0 Å². The zero-order chi connectivity index (χ0) is 22.3. The molecule has 0 aliphatic rings. The number of hydrogen-bond donors (Lipinski definition) is 0. The first-order valence-electron chi connectivity index (χ1n) is 10.6. The SMILES string of the molecule is CC(=O)CC(C)[O][Sb]([c]1ccccc1-c1ccccn1)[c]1ccccc1-c1ccccn1. The van der Waals surface area contributed by atoms with Crippen molar-refractivity contribution in [3.8, 4) is 22.5 Å². The molecule has 0 amide bonds. The Balaban J connectivity index is 1.87. The topological polar surface area (TPSA) is 52.1 Å². The summed E-state index contributed by atoms with van der Waals surface area (Å²) >= 11 is -2.80. The quantitative estimate of drug-likeness (QED) is 0.319. The van der Waals surface area contributed by atoms with Gasteiger partial charge in [-0.2, -0.15) is 0 Å². The van der Waals surface area contributed by atoms with Crippen molar-refractivity contribution < 1.29 is 7.81 Å². The molecule has 4 aromatic rings. The third-order valence-corrected chi connectivity index (χ3v) is 11.3. The Morgan fingerprint density at radius 2 is 1.25 bits per heavy atom. The second kappa shape index (κ2) is 10.7. The average molecular weight is 531 g/mol. The molecule has 2 heterocycles. The van der Waals surface area contributed by atoms with E-state index < -0.39 is 20.6 Å². The molecule has 0 radical (unpaired) electrons. The van der Waals surface area contributed by atoms with Crippen LogP contribution in [0.25, 0.3) is 22.5 Å². The van der Waals surface area contributed by atoms with Crippen LogP contribution in [0.15, 0.2) is 97.3 Å². The first kappa shape index (κ1) is 22.4. The maximum atomic E-state index is 11.8. The Kier molecular flexibility index (Phi) is 7.46. The van der Waals surface area contributed by atoms with Crippen LogP contribution < -0.4 is 7.02 Å². The number of carbonyl (C=O) groups excluding carboxylic acids is 1. The zero-order valence-electron chi connectivity index (χ0n) is 18.2. The summed E-state index contributed by atoms with van der Waals surface area (Å²) in [6.07, 6.45) is 3.87. The monoisotopic (exact) mass is 530 g/mol. The Morgan fingerprint density at radius 3 is 1.69 bits per heavy atom. The van der Waals surface area contributed by atoms with Crippen molar-refractivity contribution in [1.82, 2.24) is 9.97 Å². The number of hydrogen-bond acceptors (Lipinski definition) is 4. The zero-order valence-corrected chi connectivity index (χ0v) is 20.7. The first-order valence-corrected chi connectivity index (χ1v) is 14.2. The molecule has 0 N–H and O–H groups in total. The first-order chi connectivity index (χ1) is 15.6. The summed E-state index contributed by atoms with van der Waals surface area (Å²) in [6.45, 7) is 3.61. The van der Waals surface area contributed by atoms with Gasteiger partial charge >= 0.3 is 197 Å². The fourth-order valence-corrected chi connectivity index (χ4v) is 9.87. The molecule has 0 aliphatic heterocycles. The van der Waals surface area contributed by atoms with E-state index in [2.05, 4.69) is 46.4 Å². The van der Waals surface area contributed by atoms with E-state index in [1.807, 2.05) is 67.8 Å². The van der Waals surface area contributed by atoms with E-state index in [0.29, 0.717) is 6.42 Å². The van der Waals surface area contributed by atoms with Crippen molar-refractivity contribution in [2.24, 2.45) is 0 Å². The molecule has 2 aromatic heterocycles. The molecule has 0 saturated heterocycles. The van der Waals surface area contributed by atoms with Crippen LogP contribution in [-0.2, 0) is 7.81 Å². The number of benzene rings is 2. The number of aromatic nitrogens is 2. The number of carbonyl (C=O) groups is 1. The van der Waals surface area contributed by atoms with Crippen LogP contribution in [0.3, 0.4) is 0 Å². The number of Topliss-reactive ketones (excluding diaryl/α,β-unsaturated/α-hetero) is 1. The Bertz CT molecular complexity index is 1100. The molecule has 32 heavy (non-hydrogen) atoms. The van der Waals surface area contributed by atoms with Crippen LogP contribution in [-0.4, -0.2) is 42.5 Å². The molecule has 0 fully saturated rings. The van der Waals surface area contributed by atoms with Crippen molar-refractivity contribution in [3.63, 3.8) is 0 Å². The number of ketones is 1. The standard InChI is InChI=1S/2C11H8N.C5H9O2.Sb/c2*1-2-6-10(7-3-1)11-8-4-5-9-12-11;1-4(6)3-5(2)7;/h2*1-6,8-9H;4H,3H2,1-2H3;/q;;-1;+1. The molecule has 1 unspecified atom stereocenters. The molecule has 0 saturated carbocycles. The van der Waals surface area contributed by atoms with Crippen LogP contribution in [0.5, 0.6) is 0 Å². The summed E-state index contributed by atoms with van der Waals surface area (Å²) in [7, 11) is 0. The molecule has 0 spiro atoms. The van der Waals surface area contributed by atoms with E-state index in [-0.39, 0.29) is 11.9 Å². The van der Waals surface area contributed by atoms with Crippen LogP contribution in [0, 0.1) is 0 Å². The molecule has 1 atom stereocenters. The number of nitrogens with zero attached hydrogens (tertiary/aromatic N) is 2. The van der Waals surface area contributed by atoms with Crippen molar-refractivity contribution in [2.45, 2.75) is 26.4 Å². The van der Waals surface area contributed by atoms with Gasteiger partial charge in [0.05, 0.1) is 0 Å². The van der Waals surface area contributed by atoms with E-state index in [9.17, 15) is 4.79 Å². The second-order valence-electron chi connectivity index (χ2n) is 7.58. The fourth-order valence-electron chi connectivity index (χ4n) is 3.64. The molecule has 0 bridgehead atoms. The van der Waals surface area contributed by atoms with Gasteiger partial charge in [-0.25, -0.2) is 0 Å². The summed E-state index contributed by atoms with van der Waals surface area (Å²) in [5.74, 6) is 0.133. The molecule has 4 rings (SSSR count). The molecule has 0 aliphatic carbocycles. The Labute approximate surface area is 196 Å². The van der Waals surface area contributed by atoms with Crippen LogP contribution >= 0.6 is 0 Å². The number of rotatable bonds is 8. The predicted molar refractivity (Wildman–Crippen MR) is 130 cm³/mol. The number of pyridine rings is 2. The summed E-state index contributed by atoms with van der Waals surface area (Å²) in [5, 5.41) is 0. The van der Waals surface area contributed by atoms with Gasteiger partial charge in [0, 0.05) is 0 Å². The summed E-state index contributed by atoms with van der Waals surface area (Å²) in [5.41, 5.74) is 4.02. The summed E-state index contributed by atoms with van der Waals surface area (Å²) in [6, 6.07) is 28.6. The van der Waals surface area contributed by atoms with E-state index in [4.69, 9.17) is 3.02 Å². The van der Waals surface area contributed by atoms with Gasteiger partial charge in [0.15, 0.2) is 0 Å². The minimum absolute atomic E-state index is 0.133. The fraction of sp³-hybridized carbons (Fsp3) is 0.148. The Morgan fingerprint density at radius 1 is 0.781 bits per heavy atom. The van der Waals surface area contributed by atoms with Gasteiger partial charge in [-0.3, -0.25) is 0 Å². The molecule has 2 aromatic carbocycles. The molecule has 4 nitrogen and oxygen atoms in total. The van der Waals surface area contributed by atoms with E-state index in [1.54, 1.807) is 6.92 Å². The summed E-state index contributed by atoms with van der Waals surface area (Å²) < 4.78 is 9.14. The maximum absolute atomic E-state index is 11.8. The molecular weight excluding hydrogens is 506 g/mol. The summed E-state index contributed by atoms with van der Waals surface area (Å²) in [4.78, 5) is 21.0. The van der Waals surface area contributed by atoms with Crippen molar-refractivity contribution >= 4 is 33.4 Å². The third kappa shape index (κ3) is 5.32. The van der Waals surface area contributed by atoms with E-state index in [0.717, 1.165) is 22.5 Å². The van der Waals surface area contributed by atoms with Crippen molar-refractivity contribution in [3.05, 3.63) is 97.3 Å². The van der Waals surface area contributed by atoms with Gasteiger partial charge < -0.3 is 0 Å². The van der Waals surface area contributed by atoms with Crippen LogP contribution in [0.4, 0.5) is 0 Å². The molecule has 5 heteroatoms. The van der Waals surface area contributed by atoms with Crippen molar-refractivity contribution in [2.75, 3.05) is 0 Å². The van der Waals surface area contributed by atoms with Gasteiger partial charge in [0.2, 0.25) is 0 Å². The van der Waals surface area contributed by atoms with Crippen LogP contribution in [0.2, 0.25) is 0 Å². The van der Waals surface area contributed by atoms with Gasteiger partial charge in [-0.1, -0.05) is 0 Å². The van der Waals surface area contributed by atoms with E-state index >= 15 is 0 Å². The Hall–Kier alpha value is -2.81. The van der Waals surface area contributed by atoms with Gasteiger partial charge in [0.1, 0.15) is 0 Å². The normalized spacial score (nSPS) is 12.0. The van der Waals surface area contributed by atoms with Gasteiger partial charge in [-0.05, 0) is 0 Å². The molecule has 160 valence electrons. The average Bonchev–Trinajstić information content (AvgIpc) is 2.83. The predicted octanol–water partition coefficient (Wildman–Crippen LogP) is 4.30. The molecular formula is C27H25N2O2Sb.